The minimum Gasteiger partial charge on any atom is -0.618 e. The average Bonchev–Trinajstić information content (AvgIpc) is 3.69. The molecule has 0 aliphatic heterocycles. The van der Waals surface area contributed by atoms with Crippen molar-refractivity contribution in [3.8, 4) is 28.2 Å². The van der Waals surface area contributed by atoms with Gasteiger partial charge in [-0.3, -0.25) is 4.68 Å². The second-order valence-corrected chi connectivity index (χ2v) is 9.23. The van der Waals surface area contributed by atoms with Gasteiger partial charge in [0.15, 0.2) is 23.5 Å². The standard InChI is InChI=1S/C24H18ClF6N9O2/c1-37-22(32-12-34-37)14-8-33-38(9-14)16(6-7-42-23(27)28)17-4-2-13(10-40(17)41)20-18(5-3-15(25)21(20)26)39-11-19(35-36-39)24(29,30)31/h2-5,8-12,16,23H,6-7H2,1H3/t16-/m1/s1. The monoisotopic (exact) mass is 613 g/mol. The minimum absolute atomic E-state index is 0.0216. The van der Waals surface area contributed by atoms with Gasteiger partial charge < -0.3 is 9.94 Å². The highest BCUT2D eigenvalue weighted by Gasteiger charge is 2.35. The molecule has 11 nitrogen and oxygen atoms in total. The topological polar surface area (TPSA) is 115 Å². The van der Waals surface area contributed by atoms with Crippen LogP contribution in [0.4, 0.5) is 26.3 Å². The molecule has 1 atom stereocenters. The minimum atomic E-state index is -4.80. The van der Waals surface area contributed by atoms with Crippen molar-refractivity contribution >= 4 is 11.6 Å². The van der Waals surface area contributed by atoms with E-state index in [1.165, 1.54) is 40.1 Å². The van der Waals surface area contributed by atoms with Crippen LogP contribution < -0.4 is 4.73 Å². The lowest BCUT2D eigenvalue weighted by molar-refractivity contribution is -0.615. The van der Waals surface area contributed by atoms with Crippen LogP contribution >= 0.6 is 11.6 Å². The fourth-order valence-corrected chi connectivity index (χ4v) is 4.44. The summed E-state index contributed by atoms with van der Waals surface area (Å²) in [6.45, 7) is -3.48. The molecular weight excluding hydrogens is 596 g/mol. The molecule has 0 aliphatic carbocycles. The van der Waals surface area contributed by atoms with Gasteiger partial charge in [-0.15, -0.1) is 5.10 Å². The van der Waals surface area contributed by atoms with Crippen LogP contribution in [0.2, 0.25) is 5.02 Å². The highest BCUT2D eigenvalue weighted by molar-refractivity contribution is 6.31. The maximum Gasteiger partial charge on any atom is 0.436 e. The highest BCUT2D eigenvalue weighted by Crippen LogP contribution is 2.35. The molecule has 220 valence electrons. The van der Waals surface area contributed by atoms with Gasteiger partial charge in [0.1, 0.15) is 12.4 Å². The van der Waals surface area contributed by atoms with Gasteiger partial charge >= 0.3 is 12.8 Å². The van der Waals surface area contributed by atoms with Gasteiger partial charge in [0.05, 0.1) is 46.4 Å². The fourth-order valence-electron chi connectivity index (χ4n) is 4.28. The van der Waals surface area contributed by atoms with Crippen molar-refractivity contribution < 1.29 is 35.8 Å². The quantitative estimate of drug-likeness (QED) is 0.136. The van der Waals surface area contributed by atoms with Crippen molar-refractivity contribution in [2.45, 2.75) is 25.3 Å². The lowest BCUT2D eigenvalue weighted by Gasteiger charge is -2.18. The van der Waals surface area contributed by atoms with Gasteiger partial charge in [-0.1, -0.05) is 16.8 Å². The van der Waals surface area contributed by atoms with E-state index >= 15 is 4.39 Å². The van der Waals surface area contributed by atoms with Crippen molar-refractivity contribution in [2.75, 3.05) is 6.61 Å². The zero-order valence-corrected chi connectivity index (χ0v) is 22.0. The van der Waals surface area contributed by atoms with Crippen LogP contribution in [0.3, 0.4) is 0 Å². The van der Waals surface area contributed by atoms with Crippen molar-refractivity contribution in [2.24, 2.45) is 7.05 Å². The van der Waals surface area contributed by atoms with E-state index in [1.807, 2.05) is 0 Å². The molecule has 4 aromatic heterocycles. The molecule has 0 amide bonds. The van der Waals surface area contributed by atoms with E-state index in [9.17, 15) is 27.2 Å². The SMILES string of the molecule is Cn1ncnc1-c1cnn([C@H](CCOC(F)F)c2ccc(-c3c(-n4cc(C(F)(F)F)nn4)ccc(Cl)c3F)c[n+]2[O-])c1. The van der Waals surface area contributed by atoms with Crippen LogP contribution in [0.5, 0.6) is 0 Å². The first-order chi connectivity index (χ1) is 19.9. The number of aryl methyl sites for hydroxylation is 1. The molecular formula is C24H18ClF6N9O2. The highest BCUT2D eigenvalue weighted by atomic mass is 35.5. The van der Waals surface area contributed by atoms with Crippen LogP contribution in [-0.4, -0.2) is 52.8 Å². The van der Waals surface area contributed by atoms with Gasteiger partial charge in [0.25, 0.3) is 0 Å². The maximum absolute atomic E-state index is 15.3. The van der Waals surface area contributed by atoms with Crippen LogP contribution in [-0.2, 0) is 18.0 Å². The molecule has 4 heterocycles. The Balaban J connectivity index is 1.55. The summed E-state index contributed by atoms with van der Waals surface area (Å²) in [5, 5.41) is 27.7. The summed E-state index contributed by atoms with van der Waals surface area (Å²) in [6, 6.07) is 4.06. The van der Waals surface area contributed by atoms with Crippen molar-refractivity contribution in [3.63, 3.8) is 0 Å². The first-order valence-electron chi connectivity index (χ1n) is 11.9. The summed E-state index contributed by atoms with van der Waals surface area (Å²) in [6.07, 6.45) is 0.961. The second-order valence-electron chi connectivity index (χ2n) is 8.82. The average molecular weight is 614 g/mol. The van der Waals surface area contributed by atoms with E-state index in [-0.39, 0.29) is 34.0 Å². The first-order valence-corrected chi connectivity index (χ1v) is 12.3. The predicted octanol–water partition coefficient (Wildman–Crippen LogP) is 4.59. The Kier molecular flexibility index (Phi) is 7.87. The molecule has 5 rings (SSSR count). The Bertz CT molecular complexity index is 1720. The third kappa shape index (κ3) is 5.78. The molecule has 0 saturated heterocycles. The van der Waals surface area contributed by atoms with Crippen LogP contribution in [0.25, 0.3) is 28.2 Å². The number of alkyl halides is 5. The van der Waals surface area contributed by atoms with Crippen molar-refractivity contribution in [1.29, 1.82) is 0 Å². The van der Waals surface area contributed by atoms with Gasteiger partial charge in [-0.05, 0) is 18.2 Å². The third-order valence-electron chi connectivity index (χ3n) is 6.20. The van der Waals surface area contributed by atoms with E-state index in [1.54, 1.807) is 13.2 Å². The molecule has 0 aliphatic rings. The number of ether oxygens (including phenoxy) is 1. The molecule has 1 aromatic carbocycles. The summed E-state index contributed by atoms with van der Waals surface area (Å²) in [7, 11) is 1.66. The largest absolute Gasteiger partial charge is 0.618 e. The Hall–Kier alpha value is -4.51. The normalized spacial score (nSPS) is 12.8. The number of pyridine rings is 1. The summed E-state index contributed by atoms with van der Waals surface area (Å²) in [5.41, 5.74) is -1.32. The lowest BCUT2D eigenvalue weighted by atomic mass is 10.0. The maximum atomic E-state index is 15.3. The van der Waals surface area contributed by atoms with E-state index < -0.39 is 36.9 Å². The molecule has 0 N–H and O–H groups in total. The van der Waals surface area contributed by atoms with Gasteiger partial charge in [0.2, 0.25) is 5.69 Å². The zero-order valence-electron chi connectivity index (χ0n) is 21.3. The molecule has 0 radical (unpaired) electrons. The second kappa shape index (κ2) is 11.4. The Morgan fingerprint density at radius 3 is 2.52 bits per heavy atom. The summed E-state index contributed by atoms with van der Waals surface area (Å²) < 4.78 is 88.4. The van der Waals surface area contributed by atoms with Gasteiger partial charge in [-0.2, -0.15) is 36.9 Å². The van der Waals surface area contributed by atoms with Crippen molar-refractivity contribution in [3.05, 3.63) is 82.8 Å². The Morgan fingerprint density at radius 1 is 1.10 bits per heavy atom. The number of halogens is 7. The number of rotatable bonds is 9. The van der Waals surface area contributed by atoms with Crippen LogP contribution in [0.1, 0.15) is 23.9 Å². The lowest BCUT2D eigenvalue weighted by Crippen LogP contribution is -2.36. The van der Waals surface area contributed by atoms with E-state index in [0.717, 1.165) is 12.3 Å². The summed E-state index contributed by atoms with van der Waals surface area (Å²) in [4.78, 5) is 4.13. The van der Waals surface area contributed by atoms with Crippen molar-refractivity contribution in [1.82, 2.24) is 39.5 Å². The number of hydrogen-bond acceptors (Lipinski definition) is 7. The zero-order chi connectivity index (χ0) is 30.2. The van der Waals surface area contributed by atoms with E-state index in [2.05, 4.69) is 30.2 Å². The predicted molar refractivity (Wildman–Crippen MR) is 133 cm³/mol. The van der Waals surface area contributed by atoms with E-state index in [0.29, 0.717) is 27.0 Å². The summed E-state index contributed by atoms with van der Waals surface area (Å²) >= 11 is 5.96. The number of aromatic nitrogens is 9. The number of nitrogens with zero attached hydrogens (tertiary/aromatic N) is 9. The molecule has 42 heavy (non-hydrogen) atoms. The molecule has 0 fully saturated rings. The molecule has 18 heteroatoms. The Morgan fingerprint density at radius 2 is 1.88 bits per heavy atom. The summed E-state index contributed by atoms with van der Waals surface area (Å²) in [5.74, 6) is -0.562. The van der Waals surface area contributed by atoms with Crippen LogP contribution in [0.15, 0.2) is 55.4 Å². The Labute approximate surface area is 237 Å². The number of hydrogen-bond donors (Lipinski definition) is 0. The molecule has 0 spiro atoms. The van der Waals surface area contributed by atoms with Gasteiger partial charge in [0, 0.05) is 25.7 Å². The fraction of sp³-hybridized carbons (Fsp3) is 0.250. The smallest absolute Gasteiger partial charge is 0.436 e. The van der Waals surface area contributed by atoms with Gasteiger partial charge in [-0.25, -0.2) is 18.7 Å². The molecule has 0 saturated carbocycles. The number of benzene rings is 1. The first kappa shape index (κ1) is 29.0. The molecule has 5 aromatic rings. The molecule has 0 bridgehead atoms. The van der Waals surface area contributed by atoms with E-state index in [4.69, 9.17) is 11.6 Å². The third-order valence-corrected chi connectivity index (χ3v) is 6.50. The van der Waals surface area contributed by atoms with Crippen LogP contribution in [0, 0.1) is 11.0 Å². The molecule has 0 unspecified atom stereocenters.